The lowest BCUT2D eigenvalue weighted by Crippen LogP contribution is -2.29. The van der Waals surface area contributed by atoms with Crippen LogP contribution in [-0.2, 0) is 0 Å². The van der Waals surface area contributed by atoms with Gasteiger partial charge in [0.15, 0.2) is 5.78 Å². The van der Waals surface area contributed by atoms with Gasteiger partial charge in [0.1, 0.15) is 0 Å². The van der Waals surface area contributed by atoms with Gasteiger partial charge in [0.05, 0.1) is 0 Å². The maximum atomic E-state index is 11.3. The Kier molecular flexibility index (Phi) is 3.87. The lowest BCUT2D eigenvalue weighted by atomic mass is 9.85. The van der Waals surface area contributed by atoms with Gasteiger partial charge in [0.2, 0.25) is 0 Å². The molecule has 3 heteroatoms. The third-order valence-electron chi connectivity index (χ3n) is 3.53. The first-order valence-corrected chi connectivity index (χ1v) is 6.89. The number of Topliss-reactive ketones (excluding diaryl/α,β-unsaturated/α-hetero) is 1. The van der Waals surface area contributed by atoms with E-state index in [0.29, 0.717) is 0 Å². The van der Waals surface area contributed by atoms with Crippen LogP contribution in [0.4, 0.5) is 5.69 Å². The molecule has 2 nitrogen and oxygen atoms in total. The lowest BCUT2D eigenvalue weighted by Gasteiger charge is -2.31. The van der Waals surface area contributed by atoms with E-state index >= 15 is 0 Å². The van der Waals surface area contributed by atoms with Crippen molar-refractivity contribution >= 4 is 27.4 Å². The molecule has 0 spiro atoms. The van der Waals surface area contributed by atoms with Crippen LogP contribution in [0.2, 0.25) is 0 Å². The van der Waals surface area contributed by atoms with Crippen molar-refractivity contribution in [3.8, 4) is 0 Å². The van der Waals surface area contributed by atoms with Gasteiger partial charge in [0.25, 0.3) is 0 Å². The Bertz CT molecular complexity index is 426. The van der Waals surface area contributed by atoms with Gasteiger partial charge in [-0.2, -0.15) is 0 Å². The Morgan fingerprint density at radius 3 is 2.65 bits per heavy atom. The van der Waals surface area contributed by atoms with E-state index in [0.717, 1.165) is 22.5 Å². The van der Waals surface area contributed by atoms with Gasteiger partial charge in [-0.3, -0.25) is 4.79 Å². The Labute approximate surface area is 111 Å². The first-order valence-electron chi connectivity index (χ1n) is 6.09. The quantitative estimate of drug-likeness (QED) is 0.786. The van der Waals surface area contributed by atoms with Crippen LogP contribution in [-0.4, -0.2) is 19.4 Å². The molecule has 1 aromatic carbocycles. The largest absolute Gasteiger partial charge is 0.374 e. The zero-order valence-electron chi connectivity index (χ0n) is 10.4. The second kappa shape index (κ2) is 5.21. The molecule has 0 atom stereocenters. The van der Waals surface area contributed by atoms with Gasteiger partial charge < -0.3 is 4.90 Å². The highest BCUT2D eigenvalue weighted by Crippen LogP contribution is 2.30. The molecule has 0 radical (unpaired) electrons. The number of rotatable bonds is 4. The SMILES string of the molecule is CC(=O)c1ccc(N(C)CC2CCC2)cc1Br. The highest BCUT2D eigenvalue weighted by molar-refractivity contribution is 9.10. The number of nitrogens with zero attached hydrogens (tertiary/aromatic N) is 1. The summed E-state index contributed by atoms with van der Waals surface area (Å²) in [7, 11) is 2.12. The first-order chi connectivity index (χ1) is 8.08. The molecule has 0 saturated heterocycles. The normalized spacial score (nSPS) is 15.5. The zero-order valence-corrected chi connectivity index (χ0v) is 12.0. The van der Waals surface area contributed by atoms with Crippen LogP contribution in [0, 0.1) is 5.92 Å². The number of ketones is 1. The number of benzene rings is 1. The third kappa shape index (κ3) is 2.89. The molecule has 1 aliphatic carbocycles. The van der Waals surface area contributed by atoms with Crippen LogP contribution >= 0.6 is 15.9 Å². The molecule has 0 heterocycles. The fraction of sp³-hybridized carbons (Fsp3) is 0.500. The zero-order chi connectivity index (χ0) is 12.4. The molecule has 0 aromatic heterocycles. The van der Waals surface area contributed by atoms with E-state index in [9.17, 15) is 4.79 Å². The number of hydrogen-bond acceptors (Lipinski definition) is 2. The van der Waals surface area contributed by atoms with E-state index in [4.69, 9.17) is 0 Å². The van der Waals surface area contributed by atoms with Gasteiger partial charge >= 0.3 is 0 Å². The number of anilines is 1. The fourth-order valence-corrected chi connectivity index (χ4v) is 2.84. The monoisotopic (exact) mass is 295 g/mol. The van der Waals surface area contributed by atoms with Crippen LogP contribution in [0.15, 0.2) is 22.7 Å². The molecule has 0 unspecified atom stereocenters. The van der Waals surface area contributed by atoms with Gasteiger partial charge in [-0.1, -0.05) is 6.42 Å². The Hall–Kier alpha value is -0.830. The Morgan fingerprint density at radius 2 is 2.18 bits per heavy atom. The minimum absolute atomic E-state index is 0.102. The van der Waals surface area contributed by atoms with Gasteiger partial charge in [0, 0.05) is 29.3 Å². The van der Waals surface area contributed by atoms with Crippen molar-refractivity contribution in [2.45, 2.75) is 26.2 Å². The summed E-state index contributed by atoms with van der Waals surface area (Å²) in [6, 6.07) is 5.97. The number of carbonyl (C=O) groups is 1. The molecule has 1 aromatic rings. The number of halogens is 1. The van der Waals surface area contributed by atoms with Crippen molar-refractivity contribution in [1.29, 1.82) is 0 Å². The van der Waals surface area contributed by atoms with Crippen molar-refractivity contribution in [1.82, 2.24) is 0 Å². The van der Waals surface area contributed by atoms with Gasteiger partial charge in [-0.25, -0.2) is 0 Å². The highest BCUT2D eigenvalue weighted by atomic mass is 79.9. The van der Waals surface area contributed by atoms with E-state index in [1.54, 1.807) is 6.92 Å². The highest BCUT2D eigenvalue weighted by Gasteiger charge is 2.19. The minimum Gasteiger partial charge on any atom is -0.374 e. The average Bonchev–Trinajstić information content (AvgIpc) is 2.22. The summed E-state index contributed by atoms with van der Waals surface area (Å²) in [6.07, 6.45) is 4.10. The van der Waals surface area contributed by atoms with E-state index in [1.807, 2.05) is 18.2 Å². The first kappa shape index (κ1) is 12.6. The molecule has 0 N–H and O–H groups in total. The van der Waals surface area contributed by atoms with Crippen LogP contribution in [0.25, 0.3) is 0 Å². The maximum Gasteiger partial charge on any atom is 0.160 e. The summed E-state index contributed by atoms with van der Waals surface area (Å²) in [5, 5.41) is 0. The van der Waals surface area contributed by atoms with Crippen LogP contribution in [0.3, 0.4) is 0 Å². The molecule has 2 rings (SSSR count). The van der Waals surface area contributed by atoms with E-state index < -0.39 is 0 Å². The fourth-order valence-electron chi connectivity index (χ4n) is 2.20. The van der Waals surface area contributed by atoms with Gasteiger partial charge in [-0.05, 0) is 59.8 Å². The topological polar surface area (TPSA) is 20.3 Å². The second-order valence-corrected chi connectivity index (χ2v) is 5.75. The van der Waals surface area contributed by atoms with Crippen LogP contribution < -0.4 is 4.90 Å². The maximum absolute atomic E-state index is 11.3. The van der Waals surface area contributed by atoms with Crippen molar-refractivity contribution in [3.63, 3.8) is 0 Å². The predicted molar refractivity (Wildman–Crippen MR) is 74.8 cm³/mol. The van der Waals surface area contributed by atoms with Crippen molar-refractivity contribution in [2.75, 3.05) is 18.5 Å². The summed E-state index contributed by atoms with van der Waals surface area (Å²) >= 11 is 3.47. The van der Waals surface area contributed by atoms with E-state index in [2.05, 4.69) is 27.9 Å². The van der Waals surface area contributed by atoms with Gasteiger partial charge in [-0.15, -0.1) is 0 Å². The predicted octanol–water partition coefficient (Wildman–Crippen LogP) is 3.89. The molecule has 1 aliphatic rings. The Balaban J connectivity index is 2.10. The Morgan fingerprint density at radius 1 is 1.47 bits per heavy atom. The summed E-state index contributed by atoms with van der Waals surface area (Å²) in [4.78, 5) is 13.6. The molecule has 1 fully saturated rings. The van der Waals surface area contributed by atoms with E-state index in [-0.39, 0.29) is 5.78 Å². The van der Waals surface area contributed by atoms with E-state index in [1.165, 1.54) is 24.9 Å². The molecular formula is C14H18BrNO. The van der Waals surface area contributed by atoms with Crippen molar-refractivity contribution in [2.24, 2.45) is 5.92 Å². The molecular weight excluding hydrogens is 278 g/mol. The summed E-state index contributed by atoms with van der Waals surface area (Å²) in [5.41, 5.74) is 1.93. The smallest absolute Gasteiger partial charge is 0.160 e. The minimum atomic E-state index is 0.102. The van der Waals surface area contributed by atoms with Crippen LogP contribution in [0.5, 0.6) is 0 Å². The summed E-state index contributed by atoms with van der Waals surface area (Å²) in [6.45, 7) is 2.71. The second-order valence-electron chi connectivity index (χ2n) is 4.90. The summed E-state index contributed by atoms with van der Waals surface area (Å²) in [5.74, 6) is 0.955. The average molecular weight is 296 g/mol. The molecule has 0 bridgehead atoms. The summed E-state index contributed by atoms with van der Waals surface area (Å²) < 4.78 is 0.892. The number of hydrogen-bond donors (Lipinski definition) is 0. The molecule has 1 saturated carbocycles. The van der Waals surface area contributed by atoms with Crippen molar-refractivity contribution in [3.05, 3.63) is 28.2 Å². The number of carbonyl (C=O) groups excluding carboxylic acids is 1. The molecule has 17 heavy (non-hydrogen) atoms. The standard InChI is InChI=1S/C14H18BrNO/c1-10(17)13-7-6-12(8-14(13)15)16(2)9-11-4-3-5-11/h6-8,11H,3-5,9H2,1-2H3. The molecule has 0 amide bonds. The lowest BCUT2D eigenvalue weighted by molar-refractivity contribution is 0.101. The molecule has 92 valence electrons. The van der Waals surface area contributed by atoms with Crippen molar-refractivity contribution < 1.29 is 4.79 Å². The molecule has 0 aliphatic heterocycles. The van der Waals surface area contributed by atoms with Crippen LogP contribution in [0.1, 0.15) is 36.5 Å². The third-order valence-corrected chi connectivity index (χ3v) is 4.19.